The second kappa shape index (κ2) is 11.0. The average molecular weight is 357 g/mol. The van der Waals surface area contributed by atoms with Crippen LogP contribution < -0.4 is 11.1 Å². The van der Waals surface area contributed by atoms with E-state index in [9.17, 15) is 0 Å². The molecule has 1 aliphatic rings. The highest BCUT2D eigenvalue weighted by molar-refractivity contribution is 14.0. The van der Waals surface area contributed by atoms with E-state index in [1.807, 2.05) is 0 Å². The van der Waals surface area contributed by atoms with Gasteiger partial charge in [-0.25, -0.2) is 0 Å². The van der Waals surface area contributed by atoms with Crippen LogP contribution in [0.25, 0.3) is 0 Å². The molecule has 0 atom stereocenters. The minimum Gasteiger partial charge on any atom is -0.383 e. The lowest BCUT2D eigenvalue weighted by Crippen LogP contribution is -2.34. The normalized spacial score (nSPS) is 15.5. The highest BCUT2D eigenvalue weighted by Crippen LogP contribution is 2.28. The fourth-order valence-electron chi connectivity index (χ4n) is 1.24. The van der Waals surface area contributed by atoms with Crippen LogP contribution in [0.4, 0.5) is 0 Å². The molecule has 0 unspecified atom stereocenters. The maximum atomic E-state index is 5.63. The fraction of sp³-hybridized carbons (Fsp3) is 0.909. The smallest absolute Gasteiger partial charge is 0.188 e. The van der Waals surface area contributed by atoms with Gasteiger partial charge in [-0.15, -0.1) is 24.0 Å². The van der Waals surface area contributed by atoms with E-state index in [4.69, 9.17) is 15.2 Å². The molecule has 0 aromatic carbocycles. The molecule has 3 N–H and O–H groups in total. The quantitative estimate of drug-likeness (QED) is 0.279. The van der Waals surface area contributed by atoms with Crippen molar-refractivity contribution >= 4 is 29.9 Å². The molecule has 5 nitrogen and oxygen atoms in total. The molecule has 0 aromatic heterocycles. The molecule has 0 amide bonds. The largest absolute Gasteiger partial charge is 0.383 e. The van der Waals surface area contributed by atoms with Gasteiger partial charge < -0.3 is 20.5 Å². The molecule has 1 rings (SSSR count). The van der Waals surface area contributed by atoms with Gasteiger partial charge in [0.1, 0.15) is 0 Å². The summed E-state index contributed by atoms with van der Waals surface area (Å²) >= 11 is 0. The van der Waals surface area contributed by atoms with E-state index in [2.05, 4.69) is 10.3 Å². The van der Waals surface area contributed by atoms with Crippen molar-refractivity contribution in [2.24, 2.45) is 16.6 Å². The third kappa shape index (κ3) is 10.8. The third-order valence-corrected chi connectivity index (χ3v) is 2.39. The van der Waals surface area contributed by atoms with E-state index in [0.29, 0.717) is 19.1 Å². The molecular formula is C11H24IN3O2. The predicted molar refractivity (Wildman–Crippen MR) is 79.9 cm³/mol. The molecule has 0 aromatic rings. The van der Waals surface area contributed by atoms with E-state index < -0.39 is 0 Å². The van der Waals surface area contributed by atoms with E-state index >= 15 is 0 Å². The van der Waals surface area contributed by atoms with Crippen LogP contribution >= 0.6 is 24.0 Å². The Morgan fingerprint density at radius 3 is 2.82 bits per heavy atom. The van der Waals surface area contributed by atoms with E-state index in [0.717, 1.165) is 32.1 Å². The van der Waals surface area contributed by atoms with Gasteiger partial charge >= 0.3 is 0 Å². The molecule has 1 aliphatic carbocycles. The molecular weight excluding hydrogens is 333 g/mol. The van der Waals surface area contributed by atoms with Gasteiger partial charge in [-0.05, 0) is 25.2 Å². The minimum atomic E-state index is 0. The minimum absolute atomic E-state index is 0. The lowest BCUT2D eigenvalue weighted by molar-refractivity contribution is 0.123. The van der Waals surface area contributed by atoms with Crippen LogP contribution in [0.5, 0.6) is 0 Å². The predicted octanol–water partition coefficient (Wildman–Crippen LogP) is 0.972. The van der Waals surface area contributed by atoms with Crippen molar-refractivity contribution in [3.05, 3.63) is 0 Å². The molecule has 0 spiro atoms. The molecule has 0 radical (unpaired) electrons. The monoisotopic (exact) mass is 357 g/mol. The zero-order chi connectivity index (χ0) is 11.6. The Morgan fingerprint density at radius 1 is 1.41 bits per heavy atom. The molecule has 0 aliphatic heterocycles. The number of aliphatic imine (C=N–C) groups is 1. The highest BCUT2D eigenvalue weighted by atomic mass is 127. The van der Waals surface area contributed by atoms with Gasteiger partial charge in [-0.3, -0.25) is 4.99 Å². The molecule has 0 heterocycles. The number of nitrogens with one attached hydrogen (secondary N) is 1. The summed E-state index contributed by atoms with van der Waals surface area (Å²) in [6.07, 6.45) is 3.61. The van der Waals surface area contributed by atoms with E-state index in [1.165, 1.54) is 12.8 Å². The average Bonchev–Trinajstić information content (AvgIpc) is 3.07. The third-order valence-electron chi connectivity index (χ3n) is 2.39. The number of rotatable bonds is 9. The first-order chi connectivity index (χ1) is 7.83. The van der Waals surface area contributed by atoms with Crippen LogP contribution in [-0.4, -0.2) is 46.0 Å². The van der Waals surface area contributed by atoms with Crippen molar-refractivity contribution in [2.75, 3.05) is 40.0 Å². The molecule has 6 heteroatoms. The van der Waals surface area contributed by atoms with Crippen molar-refractivity contribution in [1.82, 2.24) is 5.32 Å². The number of ether oxygens (including phenoxy) is 2. The Balaban J connectivity index is 0.00000256. The van der Waals surface area contributed by atoms with Crippen LogP contribution in [0.15, 0.2) is 4.99 Å². The maximum Gasteiger partial charge on any atom is 0.188 e. The Labute approximate surface area is 121 Å². The second-order valence-corrected chi connectivity index (χ2v) is 4.06. The zero-order valence-corrected chi connectivity index (χ0v) is 12.8. The number of nitrogens with zero attached hydrogens (tertiary/aromatic N) is 1. The molecule has 1 fully saturated rings. The van der Waals surface area contributed by atoms with Gasteiger partial charge in [0.15, 0.2) is 5.96 Å². The van der Waals surface area contributed by atoms with Crippen molar-refractivity contribution in [3.8, 4) is 0 Å². The molecule has 102 valence electrons. The summed E-state index contributed by atoms with van der Waals surface area (Å²) in [5.74, 6) is 1.32. The molecule has 1 saturated carbocycles. The summed E-state index contributed by atoms with van der Waals surface area (Å²) in [5.41, 5.74) is 5.63. The Hall–Kier alpha value is -0.0800. The van der Waals surface area contributed by atoms with Gasteiger partial charge in [0.25, 0.3) is 0 Å². The topological polar surface area (TPSA) is 68.9 Å². The van der Waals surface area contributed by atoms with Crippen molar-refractivity contribution in [3.63, 3.8) is 0 Å². The number of halogens is 1. The number of nitrogens with two attached hydrogens (primary N) is 1. The van der Waals surface area contributed by atoms with Gasteiger partial charge in [-0.2, -0.15) is 0 Å². The first kappa shape index (κ1) is 16.9. The van der Waals surface area contributed by atoms with Crippen molar-refractivity contribution in [2.45, 2.75) is 19.3 Å². The van der Waals surface area contributed by atoms with Gasteiger partial charge in [-0.1, -0.05) is 0 Å². The van der Waals surface area contributed by atoms with Crippen LogP contribution in [0.1, 0.15) is 19.3 Å². The van der Waals surface area contributed by atoms with Crippen LogP contribution in [0.3, 0.4) is 0 Å². The van der Waals surface area contributed by atoms with Gasteiger partial charge in [0.05, 0.1) is 6.61 Å². The Kier molecular flexibility index (Phi) is 11.0. The van der Waals surface area contributed by atoms with Crippen molar-refractivity contribution < 1.29 is 9.47 Å². The first-order valence-corrected chi connectivity index (χ1v) is 5.93. The van der Waals surface area contributed by atoms with Gasteiger partial charge in [0, 0.05) is 33.4 Å². The SMILES string of the molecule is COCCNC(N)=NCCCOCC1CC1.I. The summed E-state index contributed by atoms with van der Waals surface area (Å²) in [6.45, 7) is 3.76. The first-order valence-electron chi connectivity index (χ1n) is 5.93. The lowest BCUT2D eigenvalue weighted by Gasteiger charge is -2.04. The highest BCUT2D eigenvalue weighted by Gasteiger charge is 2.20. The molecule has 17 heavy (non-hydrogen) atoms. The number of guanidine groups is 1. The summed E-state index contributed by atoms with van der Waals surface area (Å²) in [7, 11) is 1.66. The molecule has 0 saturated heterocycles. The summed E-state index contributed by atoms with van der Waals surface area (Å²) in [5, 5.41) is 2.96. The van der Waals surface area contributed by atoms with Crippen LogP contribution in [0.2, 0.25) is 0 Å². The van der Waals surface area contributed by atoms with Crippen molar-refractivity contribution in [1.29, 1.82) is 0 Å². The Bertz CT molecular complexity index is 211. The zero-order valence-electron chi connectivity index (χ0n) is 10.5. The van der Waals surface area contributed by atoms with E-state index in [-0.39, 0.29) is 24.0 Å². The summed E-state index contributed by atoms with van der Waals surface area (Å²) in [6, 6.07) is 0. The standard InChI is InChI=1S/C11H23N3O2.HI/c1-15-8-6-14-11(12)13-5-2-7-16-9-10-3-4-10;/h10H,2-9H2,1H3,(H3,12,13,14);1H. The van der Waals surface area contributed by atoms with Gasteiger partial charge in [0.2, 0.25) is 0 Å². The lowest BCUT2D eigenvalue weighted by atomic mass is 10.4. The second-order valence-electron chi connectivity index (χ2n) is 4.06. The summed E-state index contributed by atoms with van der Waals surface area (Å²) < 4.78 is 10.4. The number of methoxy groups -OCH3 is 1. The van der Waals surface area contributed by atoms with Crippen LogP contribution in [-0.2, 0) is 9.47 Å². The van der Waals surface area contributed by atoms with Crippen LogP contribution in [0, 0.1) is 5.92 Å². The Morgan fingerprint density at radius 2 is 2.18 bits per heavy atom. The van der Waals surface area contributed by atoms with E-state index in [1.54, 1.807) is 7.11 Å². The number of hydrogen-bond acceptors (Lipinski definition) is 3. The molecule has 0 bridgehead atoms. The number of hydrogen-bond donors (Lipinski definition) is 2. The summed E-state index contributed by atoms with van der Waals surface area (Å²) in [4.78, 5) is 4.18. The maximum absolute atomic E-state index is 5.63. The fourth-order valence-corrected chi connectivity index (χ4v) is 1.24.